The summed E-state index contributed by atoms with van der Waals surface area (Å²) in [7, 11) is 0.524. The van der Waals surface area contributed by atoms with E-state index >= 15 is 0 Å². The summed E-state index contributed by atoms with van der Waals surface area (Å²) in [6.45, 7) is 16.9. The van der Waals surface area contributed by atoms with Gasteiger partial charge in [0.1, 0.15) is 17.5 Å². The first-order valence-electron chi connectivity index (χ1n) is 12.6. The van der Waals surface area contributed by atoms with Gasteiger partial charge in [0.2, 0.25) is 5.89 Å². The highest BCUT2D eigenvalue weighted by Crippen LogP contribution is 2.48. The maximum atomic E-state index is 13.2. The van der Waals surface area contributed by atoms with Gasteiger partial charge in [-0.3, -0.25) is 0 Å². The first-order chi connectivity index (χ1) is 17.6. The molecule has 0 spiro atoms. The van der Waals surface area contributed by atoms with Crippen LogP contribution >= 0.6 is 24.8 Å². The normalized spacial score (nSPS) is 13.7. The predicted octanol–water partition coefficient (Wildman–Crippen LogP) is 5.69. The highest BCUT2D eigenvalue weighted by molar-refractivity contribution is 7.80. The molecule has 0 radical (unpaired) electrons. The van der Waals surface area contributed by atoms with Crippen molar-refractivity contribution < 1.29 is 23.2 Å². The molecule has 0 amide bonds. The minimum atomic E-state index is -2.40. The number of rotatable bonds is 12. The summed E-state index contributed by atoms with van der Waals surface area (Å²) in [6.07, 6.45) is 0.352. The van der Waals surface area contributed by atoms with Crippen molar-refractivity contribution in [3.8, 4) is 11.5 Å². The lowest BCUT2D eigenvalue weighted by molar-refractivity contribution is 0.0597. The van der Waals surface area contributed by atoms with Crippen LogP contribution in [-0.2, 0) is 11.3 Å². The Morgan fingerprint density at radius 2 is 1.92 bits per heavy atom. The highest BCUT2D eigenvalue weighted by Gasteiger charge is 2.46. The van der Waals surface area contributed by atoms with E-state index in [1.807, 2.05) is 13.0 Å². The van der Waals surface area contributed by atoms with Crippen LogP contribution in [0, 0.1) is 12.8 Å². The molecule has 0 saturated carbocycles. The van der Waals surface area contributed by atoms with E-state index in [9.17, 15) is 4.79 Å². The number of esters is 1. The van der Waals surface area contributed by atoms with E-state index in [0.717, 1.165) is 0 Å². The van der Waals surface area contributed by atoms with E-state index in [4.69, 9.17) is 49.0 Å². The Labute approximate surface area is 238 Å². The zero-order valence-electron chi connectivity index (χ0n) is 24.1. The number of nitrogens with one attached hydrogen (secondary N) is 1. The van der Waals surface area contributed by atoms with Crippen LogP contribution in [0.15, 0.2) is 10.6 Å². The molecule has 2 rings (SSSR count). The molecule has 1 aromatic heterocycles. The van der Waals surface area contributed by atoms with Gasteiger partial charge in [0, 0.05) is 22.4 Å². The van der Waals surface area contributed by atoms with Crippen molar-refractivity contribution in [3.05, 3.63) is 34.5 Å². The quantitative estimate of drug-likeness (QED) is 0.124. The number of ether oxygens (including phenoxy) is 2. The fraction of sp³-hybridized carbons (Fsp3) is 0.615. The topological polar surface area (TPSA) is 122 Å². The van der Waals surface area contributed by atoms with E-state index in [0.29, 0.717) is 57.2 Å². The van der Waals surface area contributed by atoms with Gasteiger partial charge in [-0.25, -0.2) is 4.79 Å². The Bertz CT molecular complexity index is 1150. The standard InChI is InChI=1S/C26H42N4O5S2Si/c1-14(2)26(5,6)38(9,10)35-19-12-18(32-7)15(3)22(25(31)33-8)23(19)20(37)11-17(28-16(4)36)24-29-21(13-27)30-34-24/h12,14,17,20,37H,11,13,27H2,1-10H3,(H,28,36)/t17?,20-/m1/s1. The number of benzene rings is 1. The number of aromatic nitrogens is 2. The minimum Gasteiger partial charge on any atom is -0.543 e. The number of thiol groups is 1. The van der Waals surface area contributed by atoms with E-state index < -0.39 is 25.6 Å². The fourth-order valence-corrected chi connectivity index (χ4v) is 7.13. The van der Waals surface area contributed by atoms with Gasteiger partial charge in [-0.15, -0.1) is 0 Å². The molecule has 2 atom stereocenters. The minimum absolute atomic E-state index is 0.0826. The number of nitrogens with two attached hydrogens (primary N) is 1. The molecule has 1 unspecified atom stereocenters. The lowest BCUT2D eigenvalue weighted by atomic mass is 9.94. The van der Waals surface area contributed by atoms with E-state index in [1.54, 1.807) is 14.0 Å². The number of thiocarbonyl (C=S) groups is 1. The van der Waals surface area contributed by atoms with Gasteiger partial charge in [-0.1, -0.05) is 45.1 Å². The van der Waals surface area contributed by atoms with Crippen molar-refractivity contribution in [1.29, 1.82) is 0 Å². The Hall–Kier alpha value is -2.15. The van der Waals surface area contributed by atoms with Gasteiger partial charge >= 0.3 is 5.97 Å². The molecule has 0 bridgehead atoms. The molecule has 9 nitrogen and oxygen atoms in total. The lowest BCUT2D eigenvalue weighted by Crippen LogP contribution is -2.48. The molecule has 0 aliphatic rings. The van der Waals surface area contributed by atoms with Crippen molar-refractivity contribution in [3.63, 3.8) is 0 Å². The van der Waals surface area contributed by atoms with Crippen LogP contribution in [0.5, 0.6) is 11.5 Å². The molecule has 3 N–H and O–H groups in total. The van der Waals surface area contributed by atoms with Crippen LogP contribution in [0.4, 0.5) is 0 Å². The predicted molar refractivity (Wildman–Crippen MR) is 159 cm³/mol. The molecule has 12 heteroatoms. The molecule has 1 heterocycles. The lowest BCUT2D eigenvalue weighted by Gasteiger charge is -2.43. The number of methoxy groups -OCH3 is 2. The smallest absolute Gasteiger partial charge is 0.338 e. The number of carbonyl (C=O) groups excluding carboxylic acids is 1. The van der Waals surface area contributed by atoms with Crippen molar-refractivity contribution in [2.24, 2.45) is 11.7 Å². The summed E-state index contributed by atoms with van der Waals surface area (Å²) in [4.78, 5) is 18.1. The fourth-order valence-electron chi connectivity index (χ4n) is 4.15. The molecule has 0 aliphatic carbocycles. The van der Waals surface area contributed by atoms with Crippen LogP contribution in [0.25, 0.3) is 0 Å². The maximum absolute atomic E-state index is 13.2. The summed E-state index contributed by atoms with van der Waals surface area (Å²) >= 11 is 10.3. The Morgan fingerprint density at radius 1 is 1.29 bits per heavy atom. The highest BCUT2D eigenvalue weighted by atomic mass is 32.1. The Balaban J connectivity index is 2.73. The monoisotopic (exact) mass is 582 g/mol. The van der Waals surface area contributed by atoms with Crippen molar-refractivity contribution in [2.75, 3.05) is 14.2 Å². The summed E-state index contributed by atoms with van der Waals surface area (Å²) in [6, 6.07) is 1.37. The molecule has 38 heavy (non-hydrogen) atoms. The van der Waals surface area contributed by atoms with Crippen LogP contribution in [-0.4, -0.2) is 43.6 Å². The SMILES string of the molecule is COC(=O)c1c(C)c(OC)cc(O[Si](C)(C)C(C)(C)C(C)C)c1[C@H](S)CC(NC(C)=S)c1nc(CN)no1. The van der Waals surface area contributed by atoms with Gasteiger partial charge in [-0.2, -0.15) is 17.6 Å². The van der Waals surface area contributed by atoms with Crippen molar-refractivity contribution >= 4 is 44.1 Å². The summed E-state index contributed by atoms with van der Waals surface area (Å²) < 4.78 is 23.2. The van der Waals surface area contributed by atoms with Gasteiger partial charge in [-0.05, 0) is 44.3 Å². The van der Waals surface area contributed by atoms with Gasteiger partial charge in [0.15, 0.2) is 5.82 Å². The van der Waals surface area contributed by atoms with Crippen molar-refractivity contribution in [1.82, 2.24) is 15.5 Å². The first kappa shape index (κ1) is 32.1. The van der Waals surface area contributed by atoms with Crippen molar-refractivity contribution in [2.45, 2.75) is 83.9 Å². The number of carbonyl (C=O) groups is 1. The molecular weight excluding hydrogens is 541 g/mol. The molecule has 0 saturated heterocycles. The third-order valence-electron chi connectivity index (χ3n) is 7.65. The van der Waals surface area contributed by atoms with Crippen LogP contribution < -0.4 is 20.2 Å². The van der Waals surface area contributed by atoms with Crippen LogP contribution in [0.1, 0.15) is 85.5 Å². The third kappa shape index (κ3) is 6.88. The molecule has 0 aliphatic heterocycles. The molecular formula is C26H42N4O5S2Si. The molecule has 212 valence electrons. The van der Waals surface area contributed by atoms with Crippen LogP contribution in [0.3, 0.4) is 0 Å². The maximum Gasteiger partial charge on any atom is 0.338 e. The summed E-state index contributed by atoms with van der Waals surface area (Å²) in [5.41, 5.74) is 7.30. The number of nitrogens with zero attached hydrogens (tertiary/aromatic N) is 2. The molecule has 2 aromatic rings. The molecule has 0 fully saturated rings. The second kappa shape index (κ2) is 12.8. The zero-order valence-corrected chi connectivity index (χ0v) is 26.8. The summed E-state index contributed by atoms with van der Waals surface area (Å²) in [5.74, 6) is 1.67. The van der Waals surface area contributed by atoms with E-state index in [-0.39, 0.29) is 11.6 Å². The second-order valence-corrected chi connectivity index (χ2v) is 16.5. The van der Waals surface area contributed by atoms with Gasteiger partial charge < -0.3 is 29.5 Å². The van der Waals surface area contributed by atoms with Gasteiger partial charge in [0.25, 0.3) is 8.32 Å². The first-order valence-corrected chi connectivity index (χ1v) is 16.4. The largest absolute Gasteiger partial charge is 0.543 e. The Morgan fingerprint density at radius 3 is 2.39 bits per heavy atom. The average Bonchev–Trinajstić information content (AvgIpc) is 3.32. The third-order valence-corrected chi connectivity index (χ3v) is 12.6. The number of hydrogen-bond donors (Lipinski definition) is 3. The zero-order chi connectivity index (χ0) is 29.0. The van der Waals surface area contributed by atoms with Gasteiger partial charge in [0.05, 0.1) is 31.3 Å². The van der Waals surface area contributed by atoms with E-state index in [1.165, 1.54) is 7.11 Å². The summed E-state index contributed by atoms with van der Waals surface area (Å²) in [5, 5.41) is 6.55. The second-order valence-electron chi connectivity index (χ2n) is 10.7. The van der Waals surface area contributed by atoms with E-state index in [2.05, 4.69) is 56.2 Å². The molecule has 1 aromatic carbocycles. The number of hydrogen-bond acceptors (Lipinski definition) is 10. The Kier molecular flexibility index (Phi) is 10.8. The average molecular weight is 583 g/mol. The van der Waals surface area contributed by atoms with Crippen LogP contribution in [0.2, 0.25) is 18.1 Å².